The predicted molar refractivity (Wildman–Crippen MR) is 129 cm³/mol. The van der Waals surface area contributed by atoms with Crippen LogP contribution < -0.4 is 10.0 Å². The molecule has 2 fully saturated rings. The van der Waals surface area contributed by atoms with E-state index in [1.807, 2.05) is 0 Å². The van der Waals surface area contributed by atoms with E-state index in [9.17, 15) is 23.4 Å². The third-order valence-corrected chi connectivity index (χ3v) is 8.63. The first-order valence-corrected chi connectivity index (χ1v) is 13.7. The number of aromatic nitrogens is 2. The van der Waals surface area contributed by atoms with Gasteiger partial charge in [0, 0.05) is 38.1 Å². The molecule has 4 atom stereocenters. The van der Waals surface area contributed by atoms with Crippen molar-refractivity contribution < 1.29 is 32.3 Å². The minimum atomic E-state index is -3.96. The number of anilines is 1. The summed E-state index contributed by atoms with van der Waals surface area (Å²) in [6.45, 7) is 1.16. The first-order valence-electron chi connectivity index (χ1n) is 11.1. The Morgan fingerprint density at radius 3 is 2.80 bits per heavy atom. The van der Waals surface area contributed by atoms with E-state index in [4.69, 9.17) is 20.5 Å². The molecule has 0 unspecified atom stereocenters. The molecule has 2 aromatic rings. The number of hydrogen-bond donors (Lipinski definition) is 4. The van der Waals surface area contributed by atoms with Crippen LogP contribution in [0.5, 0.6) is 0 Å². The summed E-state index contributed by atoms with van der Waals surface area (Å²) in [5.74, 6) is -0.114. The second-order valence-corrected chi connectivity index (χ2v) is 11.7. The number of aliphatic hydroxyl groups is 2. The average molecular weight is 547 g/mol. The molecule has 0 spiro atoms. The van der Waals surface area contributed by atoms with Crippen LogP contribution in [0.25, 0.3) is 0 Å². The Labute approximate surface area is 212 Å². The lowest BCUT2D eigenvalue weighted by molar-refractivity contribution is 0.00736. The van der Waals surface area contributed by atoms with Crippen LogP contribution in [0.2, 0.25) is 4.34 Å². The molecule has 0 radical (unpaired) electrons. The van der Waals surface area contributed by atoms with Crippen LogP contribution in [0.1, 0.15) is 52.6 Å². The van der Waals surface area contributed by atoms with Gasteiger partial charge in [-0.25, -0.2) is 9.97 Å². The number of rotatable bonds is 9. The number of carbonyl (C=O) groups is 1. The second-order valence-electron chi connectivity index (χ2n) is 8.52. The SMILES string of the molecule is CNS(=O)(=O)O[C@@H]1C[C@H](Nc2ncncc2C(=O)c2cc([C@@H](O)C3CCOCC3)c(Cl)s2)C[C@@H]1O. The Morgan fingerprint density at radius 2 is 2.09 bits per heavy atom. The molecule has 14 heteroatoms. The lowest BCUT2D eigenvalue weighted by Gasteiger charge is -2.26. The molecule has 11 nitrogen and oxygen atoms in total. The van der Waals surface area contributed by atoms with E-state index in [0.717, 1.165) is 11.3 Å². The van der Waals surface area contributed by atoms with Crippen molar-refractivity contribution in [1.29, 1.82) is 0 Å². The zero-order chi connectivity index (χ0) is 25.2. The van der Waals surface area contributed by atoms with Gasteiger partial charge in [0.25, 0.3) is 0 Å². The highest BCUT2D eigenvalue weighted by molar-refractivity contribution is 7.84. The fraction of sp³-hybridized carbons (Fsp3) is 0.571. The average Bonchev–Trinajstić information content (AvgIpc) is 3.40. The van der Waals surface area contributed by atoms with Crippen molar-refractivity contribution >= 4 is 44.8 Å². The quantitative estimate of drug-likeness (QED) is 0.340. The highest BCUT2D eigenvalue weighted by Gasteiger charge is 2.37. The van der Waals surface area contributed by atoms with Gasteiger partial charge in [-0.1, -0.05) is 11.6 Å². The van der Waals surface area contributed by atoms with Gasteiger partial charge in [0.15, 0.2) is 0 Å². The van der Waals surface area contributed by atoms with Crippen LogP contribution in [0.4, 0.5) is 5.82 Å². The molecule has 1 aliphatic carbocycles. The summed E-state index contributed by atoms with van der Waals surface area (Å²) in [5, 5.41) is 24.2. The van der Waals surface area contributed by atoms with E-state index < -0.39 is 28.6 Å². The molecular formula is C21H27ClN4O7S2. The highest BCUT2D eigenvalue weighted by Crippen LogP contribution is 2.39. The van der Waals surface area contributed by atoms with Crippen LogP contribution in [0.15, 0.2) is 18.6 Å². The van der Waals surface area contributed by atoms with Gasteiger partial charge in [-0.2, -0.15) is 13.1 Å². The smallest absolute Gasteiger partial charge is 0.335 e. The Morgan fingerprint density at radius 1 is 1.34 bits per heavy atom. The van der Waals surface area contributed by atoms with E-state index in [0.29, 0.717) is 40.8 Å². The fourth-order valence-corrected chi connectivity index (χ4v) is 6.25. The number of nitrogens with one attached hydrogen (secondary N) is 2. The maximum atomic E-state index is 13.3. The first-order chi connectivity index (χ1) is 16.7. The fourth-order valence-electron chi connectivity index (χ4n) is 4.33. The molecule has 192 valence electrons. The monoisotopic (exact) mass is 546 g/mol. The van der Waals surface area contributed by atoms with Crippen LogP contribution in [0.3, 0.4) is 0 Å². The summed E-state index contributed by atoms with van der Waals surface area (Å²) in [4.78, 5) is 21.8. The van der Waals surface area contributed by atoms with Gasteiger partial charge in [-0.15, -0.1) is 11.3 Å². The van der Waals surface area contributed by atoms with Crippen LogP contribution >= 0.6 is 22.9 Å². The summed E-state index contributed by atoms with van der Waals surface area (Å²) in [5.41, 5.74) is 0.710. The normalized spacial score (nSPS) is 24.4. The molecule has 2 aromatic heterocycles. The Kier molecular flexibility index (Phi) is 8.38. The summed E-state index contributed by atoms with van der Waals surface area (Å²) in [6.07, 6.45) is 1.74. The van der Waals surface area contributed by atoms with Gasteiger partial charge in [-0.3, -0.25) is 8.98 Å². The van der Waals surface area contributed by atoms with Crippen molar-refractivity contribution in [3.63, 3.8) is 0 Å². The van der Waals surface area contributed by atoms with Gasteiger partial charge in [0.1, 0.15) is 18.2 Å². The van der Waals surface area contributed by atoms with Crippen molar-refractivity contribution in [2.75, 3.05) is 25.6 Å². The summed E-state index contributed by atoms with van der Waals surface area (Å²) >= 11 is 7.48. The largest absolute Gasteiger partial charge is 0.390 e. The molecule has 4 N–H and O–H groups in total. The Hall–Kier alpha value is -1.71. The van der Waals surface area contributed by atoms with Crippen molar-refractivity contribution in [1.82, 2.24) is 14.7 Å². The minimum absolute atomic E-state index is 0.00627. The molecule has 1 saturated carbocycles. The third-order valence-electron chi connectivity index (χ3n) is 6.24. The summed E-state index contributed by atoms with van der Waals surface area (Å²) in [7, 11) is -2.74. The summed E-state index contributed by atoms with van der Waals surface area (Å²) < 4.78 is 36.1. The van der Waals surface area contributed by atoms with E-state index in [-0.39, 0.29) is 42.0 Å². The number of thiophene rings is 1. The van der Waals surface area contributed by atoms with E-state index >= 15 is 0 Å². The van der Waals surface area contributed by atoms with Crippen LogP contribution in [-0.2, 0) is 19.2 Å². The first kappa shape index (κ1) is 26.4. The van der Waals surface area contributed by atoms with Crippen molar-refractivity contribution in [3.05, 3.63) is 38.9 Å². The van der Waals surface area contributed by atoms with Gasteiger partial charge in [0.05, 0.1) is 27.0 Å². The zero-order valence-electron chi connectivity index (χ0n) is 18.9. The number of aliphatic hydroxyl groups excluding tert-OH is 2. The predicted octanol–water partition coefficient (Wildman–Crippen LogP) is 1.67. The highest BCUT2D eigenvalue weighted by atomic mass is 35.5. The molecule has 2 aliphatic rings. The molecule has 1 saturated heterocycles. The number of halogens is 1. The molecule has 0 bridgehead atoms. The Balaban J connectivity index is 1.49. The van der Waals surface area contributed by atoms with E-state index in [2.05, 4.69) is 20.0 Å². The third kappa shape index (κ3) is 6.17. The van der Waals surface area contributed by atoms with Crippen molar-refractivity contribution in [3.8, 4) is 0 Å². The number of ether oxygens (including phenoxy) is 1. The Bertz CT molecular complexity index is 1160. The van der Waals surface area contributed by atoms with Gasteiger partial charge < -0.3 is 20.3 Å². The van der Waals surface area contributed by atoms with E-state index in [1.165, 1.54) is 19.6 Å². The van der Waals surface area contributed by atoms with E-state index in [1.54, 1.807) is 6.07 Å². The van der Waals surface area contributed by atoms with Crippen molar-refractivity contribution in [2.24, 2.45) is 5.92 Å². The molecule has 3 heterocycles. The van der Waals surface area contributed by atoms with Gasteiger partial charge >= 0.3 is 10.3 Å². The molecule has 0 amide bonds. The lowest BCUT2D eigenvalue weighted by Crippen LogP contribution is -2.31. The summed E-state index contributed by atoms with van der Waals surface area (Å²) in [6, 6.07) is 1.22. The second kappa shape index (κ2) is 11.1. The standard InChI is InChI=1S/C21H27ClN4O7S2/c1-23-35(30,31)33-16-7-12(6-15(16)27)26-21-14(9-24-10-25-21)19(29)17-8-13(20(22)34-17)18(28)11-2-4-32-5-3-11/h8-12,15-16,18,23,27-28H,2-7H2,1H3,(H,24,25,26)/t12-,15+,16-,18+/m1/s1. The number of carbonyl (C=O) groups excluding carboxylic acids is 1. The maximum Gasteiger partial charge on any atom is 0.335 e. The zero-order valence-corrected chi connectivity index (χ0v) is 21.3. The molecule has 0 aromatic carbocycles. The number of hydrogen-bond acceptors (Lipinski definition) is 11. The number of ketones is 1. The van der Waals surface area contributed by atoms with Crippen molar-refractivity contribution in [2.45, 2.75) is 50.0 Å². The van der Waals surface area contributed by atoms with Crippen LogP contribution in [-0.4, -0.2) is 72.9 Å². The molecule has 1 aliphatic heterocycles. The maximum absolute atomic E-state index is 13.3. The minimum Gasteiger partial charge on any atom is -0.390 e. The topological polar surface area (TPSA) is 160 Å². The molecule has 35 heavy (non-hydrogen) atoms. The van der Waals surface area contributed by atoms with Crippen LogP contribution in [0, 0.1) is 5.92 Å². The van der Waals surface area contributed by atoms with Gasteiger partial charge in [-0.05, 0) is 37.7 Å². The number of nitrogens with zero attached hydrogens (tertiary/aromatic N) is 2. The lowest BCUT2D eigenvalue weighted by atomic mass is 9.90. The molecule has 4 rings (SSSR count). The van der Waals surface area contributed by atoms with Gasteiger partial charge in [0.2, 0.25) is 5.78 Å². The molecular weight excluding hydrogens is 520 g/mol.